The van der Waals surface area contributed by atoms with E-state index in [0.29, 0.717) is 17.7 Å². The molecule has 0 saturated carbocycles. The number of halogens is 5. The van der Waals surface area contributed by atoms with Gasteiger partial charge in [-0.15, -0.1) is 0 Å². The van der Waals surface area contributed by atoms with Crippen LogP contribution in [0, 0.1) is 0 Å². The number of ether oxygens (including phenoxy) is 1. The lowest BCUT2D eigenvalue weighted by Crippen LogP contribution is -2.00. The highest BCUT2D eigenvalue weighted by atomic mass is 79.9. The molecule has 1 aromatic carbocycles. The van der Waals surface area contributed by atoms with Crippen LogP contribution in [0.5, 0.6) is 5.75 Å². The van der Waals surface area contributed by atoms with Gasteiger partial charge in [0.15, 0.2) is 0 Å². The molecule has 0 aromatic heterocycles. The van der Waals surface area contributed by atoms with Crippen LogP contribution in [0.2, 0.25) is 5.02 Å². The van der Waals surface area contributed by atoms with E-state index in [1.807, 2.05) is 0 Å². The van der Waals surface area contributed by atoms with Crippen LogP contribution in [-0.2, 0) is 0 Å². The zero-order valence-corrected chi connectivity index (χ0v) is 11.0. The summed E-state index contributed by atoms with van der Waals surface area (Å²) in [5.74, 6) is 0.382. The van der Waals surface area contributed by atoms with Crippen molar-refractivity contribution >= 4 is 39.3 Å². The van der Waals surface area contributed by atoms with Crippen molar-refractivity contribution in [1.82, 2.24) is 0 Å². The van der Waals surface area contributed by atoms with Gasteiger partial charge in [0.25, 0.3) is 0 Å². The molecule has 90 valence electrons. The van der Waals surface area contributed by atoms with Gasteiger partial charge in [-0.2, -0.15) is 13.2 Å². The minimum absolute atomic E-state index is 0.0451. The third-order valence-electron chi connectivity index (χ3n) is 1.47. The molecule has 0 spiro atoms. The summed E-state index contributed by atoms with van der Waals surface area (Å²) in [5.41, 5.74) is -4.30. The van der Waals surface area contributed by atoms with Gasteiger partial charge in [-0.3, -0.25) is 0 Å². The quantitative estimate of drug-likeness (QED) is 0.581. The van der Waals surface area contributed by atoms with Crippen LogP contribution < -0.4 is 4.74 Å². The lowest BCUT2D eigenvalue weighted by molar-refractivity contribution is -0.0328. The third-order valence-corrected chi connectivity index (χ3v) is 2.81. The Bertz CT molecular complexity index is 359. The van der Waals surface area contributed by atoms with E-state index < -0.39 is 5.51 Å². The molecule has 0 saturated heterocycles. The van der Waals surface area contributed by atoms with Crippen LogP contribution in [0.3, 0.4) is 0 Å². The summed E-state index contributed by atoms with van der Waals surface area (Å²) >= 11 is 8.74. The van der Waals surface area contributed by atoms with E-state index in [0.717, 1.165) is 0 Å². The summed E-state index contributed by atoms with van der Waals surface area (Å²) in [5, 5.41) is 0.803. The standard InChI is InChI=1S/C9H7BrClF3OS/c10-3-4-15-8-2-1-6(5-7(8)11)16-9(12,13)14/h1-2,5H,3-4H2. The molecule has 0 unspecified atom stereocenters. The predicted octanol–water partition coefficient (Wildman–Crippen LogP) is 4.73. The second kappa shape index (κ2) is 6.02. The van der Waals surface area contributed by atoms with Crippen LogP contribution in [0.15, 0.2) is 23.1 Å². The van der Waals surface area contributed by atoms with E-state index in [9.17, 15) is 13.2 Å². The van der Waals surface area contributed by atoms with Crippen molar-refractivity contribution in [3.8, 4) is 5.75 Å². The summed E-state index contributed by atoms with van der Waals surface area (Å²) in [6, 6.07) is 4.00. The fourth-order valence-corrected chi connectivity index (χ4v) is 1.99. The van der Waals surface area contributed by atoms with Gasteiger partial charge in [0.2, 0.25) is 0 Å². The Labute approximate surface area is 108 Å². The lowest BCUT2D eigenvalue weighted by atomic mass is 10.3. The molecule has 1 rings (SSSR count). The summed E-state index contributed by atoms with van der Waals surface area (Å²) in [6.45, 7) is 0.408. The highest BCUT2D eigenvalue weighted by molar-refractivity contribution is 9.09. The molecule has 0 atom stereocenters. The summed E-state index contributed by atoms with van der Waals surface area (Å²) in [6.07, 6.45) is 0. The highest BCUT2D eigenvalue weighted by Crippen LogP contribution is 2.39. The molecule has 0 radical (unpaired) electrons. The summed E-state index contributed by atoms with van der Waals surface area (Å²) in [7, 11) is 0. The first-order valence-corrected chi connectivity index (χ1v) is 6.48. The molecule has 0 aliphatic rings. The van der Waals surface area contributed by atoms with E-state index in [1.165, 1.54) is 18.2 Å². The number of hydrogen-bond donors (Lipinski definition) is 0. The summed E-state index contributed by atoms with van der Waals surface area (Å²) in [4.78, 5) is 0.0451. The van der Waals surface area contributed by atoms with Crippen molar-refractivity contribution in [2.45, 2.75) is 10.4 Å². The SMILES string of the molecule is FC(F)(F)Sc1ccc(OCCBr)c(Cl)c1. The fraction of sp³-hybridized carbons (Fsp3) is 0.333. The molecule has 0 heterocycles. The maximum Gasteiger partial charge on any atom is 0.446 e. The van der Waals surface area contributed by atoms with Gasteiger partial charge < -0.3 is 4.74 Å². The Morgan fingerprint density at radius 2 is 2.06 bits per heavy atom. The van der Waals surface area contributed by atoms with Crippen molar-refractivity contribution < 1.29 is 17.9 Å². The Kier molecular flexibility index (Phi) is 5.27. The monoisotopic (exact) mass is 334 g/mol. The summed E-state index contributed by atoms with van der Waals surface area (Å²) < 4.78 is 41.4. The van der Waals surface area contributed by atoms with Crippen LogP contribution in [0.25, 0.3) is 0 Å². The van der Waals surface area contributed by atoms with Gasteiger partial charge in [0, 0.05) is 10.2 Å². The lowest BCUT2D eigenvalue weighted by Gasteiger charge is -2.09. The average molecular weight is 336 g/mol. The van der Waals surface area contributed by atoms with Crippen LogP contribution in [0.1, 0.15) is 0 Å². The Hall–Kier alpha value is -0.0700. The van der Waals surface area contributed by atoms with Crippen molar-refractivity contribution in [1.29, 1.82) is 0 Å². The van der Waals surface area contributed by atoms with Crippen molar-refractivity contribution in [2.75, 3.05) is 11.9 Å². The number of hydrogen-bond acceptors (Lipinski definition) is 2. The van der Waals surface area contributed by atoms with Gasteiger partial charge in [-0.25, -0.2) is 0 Å². The maximum absolute atomic E-state index is 12.1. The van der Waals surface area contributed by atoms with Crippen molar-refractivity contribution in [3.63, 3.8) is 0 Å². The van der Waals surface area contributed by atoms with Gasteiger partial charge in [-0.1, -0.05) is 27.5 Å². The molecule has 7 heteroatoms. The zero-order chi connectivity index (χ0) is 12.2. The molecule has 16 heavy (non-hydrogen) atoms. The maximum atomic E-state index is 12.1. The van der Waals surface area contributed by atoms with Crippen molar-refractivity contribution in [3.05, 3.63) is 23.2 Å². The molecule has 1 aromatic rings. The van der Waals surface area contributed by atoms with Gasteiger partial charge in [-0.05, 0) is 30.0 Å². The van der Waals surface area contributed by atoms with Gasteiger partial charge in [0.05, 0.1) is 11.6 Å². The normalized spacial score (nSPS) is 11.6. The van der Waals surface area contributed by atoms with Gasteiger partial charge in [0.1, 0.15) is 5.75 Å². The molecule has 0 aliphatic carbocycles. The molecule has 0 amide bonds. The average Bonchev–Trinajstić information content (AvgIpc) is 2.14. The fourth-order valence-electron chi connectivity index (χ4n) is 0.944. The third kappa shape index (κ3) is 4.84. The van der Waals surface area contributed by atoms with Crippen molar-refractivity contribution in [2.24, 2.45) is 0 Å². The van der Waals surface area contributed by atoms with E-state index in [-0.39, 0.29) is 21.7 Å². The van der Waals surface area contributed by atoms with E-state index in [2.05, 4.69) is 15.9 Å². The van der Waals surface area contributed by atoms with Crippen LogP contribution in [0.4, 0.5) is 13.2 Å². The highest BCUT2D eigenvalue weighted by Gasteiger charge is 2.29. The Balaban J connectivity index is 2.74. The van der Waals surface area contributed by atoms with E-state index >= 15 is 0 Å². The van der Waals surface area contributed by atoms with E-state index in [4.69, 9.17) is 16.3 Å². The Morgan fingerprint density at radius 3 is 2.56 bits per heavy atom. The number of thioether (sulfide) groups is 1. The second-order valence-electron chi connectivity index (χ2n) is 2.68. The molecular formula is C9H7BrClF3OS. The molecular weight excluding hydrogens is 329 g/mol. The molecule has 0 bridgehead atoms. The number of benzene rings is 1. The van der Waals surface area contributed by atoms with Crippen LogP contribution in [-0.4, -0.2) is 17.4 Å². The zero-order valence-electron chi connectivity index (χ0n) is 7.85. The minimum Gasteiger partial charge on any atom is -0.491 e. The molecule has 0 fully saturated rings. The second-order valence-corrected chi connectivity index (χ2v) is 5.02. The smallest absolute Gasteiger partial charge is 0.446 e. The minimum atomic E-state index is -4.30. The predicted molar refractivity (Wildman–Crippen MR) is 62.7 cm³/mol. The number of alkyl halides is 4. The first-order valence-electron chi connectivity index (χ1n) is 4.16. The topological polar surface area (TPSA) is 9.23 Å². The Morgan fingerprint density at radius 1 is 1.38 bits per heavy atom. The van der Waals surface area contributed by atoms with Crippen LogP contribution >= 0.6 is 39.3 Å². The molecule has 1 nitrogen and oxygen atoms in total. The first kappa shape index (κ1) is 14.0. The van der Waals surface area contributed by atoms with E-state index in [1.54, 1.807) is 0 Å². The largest absolute Gasteiger partial charge is 0.491 e. The molecule has 0 aliphatic heterocycles. The number of rotatable bonds is 4. The first-order chi connectivity index (χ1) is 7.42. The molecule has 0 N–H and O–H groups in total. The van der Waals surface area contributed by atoms with Gasteiger partial charge >= 0.3 is 5.51 Å².